The molecule has 0 amide bonds. The molecule has 0 radical (unpaired) electrons. The van der Waals surface area contributed by atoms with E-state index in [1.165, 1.54) is 17.7 Å². The Hall–Kier alpha value is -2.71. The average Bonchev–Trinajstić information content (AvgIpc) is 3.56. The molecule has 4 rings (SSSR count). The first-order chi connectivity index (χ1) is 14.8. The molecule has 1 unspecified atom stereocenters. The van der Waals surface area contributed by atoms with Crippen molar-refractivity contribution in [2.24, 2.45) is 4.99 Å². The van der Waals surface area contributed by atoms with Gasteiger partial charge in [0.25, 0.3) is 0 Å². The van der Waals surface area contributed by atoms with Crippen molar-refractivity contribution < 1.29 is 0 Å². The van der Waals surface area contributed by atoms with E-state index in [9.17, 15) is 0 Å². The lowest BCUT2D eigenvalue weighted by Crippen LogP contribution is -2.42. The lowest BCUT2D eigenvalue weighted by atomic mass is 10.2. The fourth-order valence-corrected chi connectivity index (χ4v) is 4.66. The van der Waals surface area contributed by atoms with E-state index < -0.39 is 0 Å². The molecule has 2 aromatic heterocycles. The van der Waals surface area contributed by atoms with Crippen LogP contribution in [-0.4, -0.2) is 51.8 Å². The summed E-state index contributed by atoms with van der Waals surface area (Å²) in [6, 6.07) is 14.9. The normalized spacial score (nSPS) is 16.0. The predicted molar refractivity (Wildman–Crippen MR) is 122 cm³/mol. The molecule has 1 fully saturated rings. The second-order valence-corrected chi connectivity index (χ2v) is 8.28. The number of hydrogen-bond acceptors (Lipinski definition) is 5. The van der Waals surface area contributed by atoms with E-state index in [1.807, 2.05) is 46.2 Å². The monoisotopic (exact) mass is 423 g/mol. The highest BCUT2D eigenvalue weighted by Crippen LogP contribution is 2.27. The summed E-state index contributed by atoms with van der Waals surface area (Å²) in [6.07, 6.45) is 4.30. The zero-order valence-corrected chi connectivity index (χ0v) is 18.2. The third kappa shape index (κ3) is 5.06. The van der Waals surface area contributed by atoms with Gasteiger partial charge in [0.2, 0.25) is 0 Å². The Morgan fingerprint density at radius 1 is 1.13 bits per heavy atom. The van der Waals surface area contributed by atoms with Crippen molar-refractivity contribution in [3.63, 3.8) is 0 Å². The van der Waals surface area contributed by atoms with E-state index in [0.29, 0.717) is 12.6 Å². The fourth-order valence-electron chi connectivity index (χ4n) is 3.80. The molecule has 8 heteroatoms. The fraction of sp³-hybridized carbons (Fsp3) is 0.409. The lowest BCUT2D eigenvalue weighted by Gasteiger charge is -2.27. The zero-order valence-electron chi connectivity index (χ0n) is 17.4. The minimum Gasteiger partial charge on any atom is -0.357 e. The molecule has 0 spiro atoms. The molecule has 30 heavy (non-hydrogen) atoms. The van der Waals surface area contributed by atoms with Gasteiger partial charge in [0.05, 0.1) is 6.04 Å². The van der Waals surface area contributed by atoms with Crippen molar-refractivity contribution in [2.75, 3.05) is 26.2 Å². The van der Waals surface area contributed by atoms with E-state index in [0.717, 1.165) is 43.7 Å². The Labute approximate surface area is 181 Å². The number of hydrogen-bond donors (Lipinski definition) is 2. The largest absolute Gasteiger partial charge is 0.357 e. The Morgan fingerprint density at radius 2 is 1.97 bits per heavy atom. The summed E-state index contributed by atoms with van der Waals surface area (Å²) in [6.45, 7) is 6.51. The van der Waals surface area contributed by atoms with Gasteiger partial charge in [0.15, 0.2) is 11.8 Å². The topological polar surface area (TPSA) is 70.4 Å². The van der Waals surface area contributed by atoms with Crippen LogP contribution in [0.15, 0.2) is 59.2 Å². The molecule has 2 N–H and O–H groups in total. The Morgan fingerprint density at radius 3 is 2.70 bits per heavy atom. The third-order valence-electron chi connectivity index (χ3n) is 5.29. The molecule has 1 aliphatic rings. The number of thiophene rings is 1. The molecule has 0 bridgehead atoms. The summed E-state index contributed by atoms with van der Waals surface area (Å²) in [7, 11) is 0. The number of guanidine groups is 1. The molecular formula is C22H29N7S. The van der Waals surface area contributed by atoms with Gasteiger partial charge in [-0.3, -0.25) is 9.47 Å². The van der Waals surface area contributed by atoms with Crippen LogP contribution in [0.3, 0.4) is 0 Å². The van der Waals surface area contributed by atoms with E-state index in [4.69, 9.17) is 4.99 Å². The molecular weight excluding hydrogens is 394 g/mol. The lowest BCUT2D eigenvalue weighted by molar-refractivity contribution is 0.249. The number of aliphatic imine (C=N–C) groups is 1. The van der Waals surface area contributed by atoms with Crippen molar-refractivity contribution in [3.05, 3.63) is 64.9 Å². The first kappa shape index (κ1) is 20.6. The van der Waals surface area contributed by atoms with Crippen LogP contribution >= 0.6 is 11.3 Å². The van der Waals surface area contributed by atoms with E-state index in [2.05, 4.69) is 50.2 Å². The van der Waals surface area contributed by atoms with Crippen molar-refractivity contribution in [3.8, 4) is 5.69 Å². The number of likely N-dealkylation sites (tertiary alicyclic amines) is 1. The van der Waals surface area contributed by atoms with E-state index in [-0.39, 0.29) is 0 Å². The van der Waals surface area contributed by atoms with Gasteiger partial charge < -0.3 is 10.6 Å². The Bertz CT molecular complexity index is 914. The van der Waals surface area contributed by atoms with Crippen LogP contribution in [0.4, 0.5) is 0 Å². The van der Waals surface area contributed by atoms with Gasteiger partial charge in [0, 0.05) is 23.7 Å². The van der Waals surface area contributed by atoms with Gasteiger partial charge >= 0.3 is 0 Å². The standard InChI is InChI=1S/C22H29N7S/c1-2-23-22(24-15-19(20-11-8-14-30-20)28-12-6-7-13-28)25-16-21-27-26-17-29(21)18-9-4-3-5-10-18/h3-5,8-11,14,17,19H,2,6-7,12-13,15-16H2,1H3,(H2,23,24,25). The van der Waals surface area contributed by atoms with Crippen LogP contribution in [-0.2, 0) is 6.54 Å². The smallest absolute Gasteiger partial charge is 0.191 e. The summed E-state index contributed by atoms with van der Waals surface area (Å²) in [5.74, 6) is 1.62. The first-order valence-electron chi connectivity index (χ1n) is 10.6. The van der Waals surface area contributed by atoms with Crippen molar-refractivity contribution >= 4 is 17.3 Å². The van der Waals surface area contributed by atoms with Crippen molar-refractivity contribution in [2.45, 2.75) is 32.4 Å². The maximum atomic E-state index is 4.78. The Kier molecular flexibility index (Phi) is 7.10. The van der Waals surface area contributed by atoms with E-state index >= 15 is 0 Å². The van der Waals surface area contributed by atoms with Crippen molar-refractivity contribution in [1.82, 2.24) is 30.3 Å². The maximum absolute atomic E-state index is 4.78. The maximum Gasteiger partial charge on any atom is 0.191 e. The van der Waals surface area contributed by atoms with Gasteiger partial charge in [-0.2, -0.15) is 0 Å². The van der Waals surface area contributed by atoms with Gasteiger partial charge in [-0.25, -0.2) is 4.99 Å². The van der Waals surface area contributed by atoms with Gasteiger partial charge in [-0.15, -0.1) is 21.5 Å². The molecule has 1 aromatic carbocycles. The van der Waals surface area contributed by atoms with Crippen LogP contribution < -0.4 is 10.6 Å². The minimum atomic E-state index is 0.379. The molecule has 3 aromatic rings. The second kappa shape index (κ2) is 10.4. The number of nitrogens with one attached hydrogen (secondary N) is 2. The van der Waals surface area contributed by atoms with Crippen molar-refractivity contribution in [1.29, 1.82) is 0 Å². The number of aromatic nitrogens is 3. The van der Waals surface area contributed by atoms with Gasteiger partial charge in [0.1, 0.15) is 12.9 Å². The van der Waals surface area contributed by atoms with Gasteiger partial charge in [-0.05, 0) is 56.4 Å². The summed E-state index contributed by atoms with van der Waals surface area (Å²) < 4.78 is 1.98. The first-order valence-corrected chi connectivity index (χ1v) is 11.5. The summed E-state index contributed by atoms with van der Waals surface area (Å²) in [5, 5.41) is 17.4. The SMILES string of the molecule is CCNC(=NCc1nncn1-c1ccccc1)NCC(c1cccs1)N1CCCC1. The molecule has 1 atom stereocenters. The predicted octanol–water partition coefficient (Wildman–Crippen LogP) is 3.22. The number of rotatable bonds is 8. The van der Waals surface area contributed by atoms with Crippen LogP contribution in [0.2, 0.25) is 0 Å². The average molecular weight is 424 g/mol. The zero-order chi connectivity index (χ0) is 20.6. The highest BCUT2D eigenvalue weighted by Gasteiger charge is 2.24. The molecule has 3 heterocycles. The molecule has 7 nitrogen and oxygen atoms in total. The number of benzene rings is 1. The highest BCUT2D eigenvalue weighted by molar-refractivity contribution is 7.10. The molecule has 1 saturated heterocycles. The Balaban J connectivity index is 1.45. The van der Waals surface area contributed by atoms with E-state index in [1.54, 1.807) is 6.33 Å². The minimum absolute atomic E-state index is 0.379. The van der Waals surface area contributed by atoms with Crippen LogP contribution in [0.25, 0.3) is 5.69 Å². The molecule has 1 aliphatic heterocycles. The van der Waals surface area contributed by atoms with Gasteiger partial charge in [-0.1, -0.05) is 24.3 Å². The van der Waals surface area contributed by atoms with Crippen LogP contribution in [0, 0.1) is 0 Å². The summed E-state index contributed by atoms with van der Waals surface area (Å²) in [4.78, 5) is 8.76. The molecule has 158 valence electrons. The van der Waals surface area contributed by atoms with Crippen LogP contribution in [0.5, 0.6) is 0 Å². The summed E-state index contributed by atoms with van der Waals surface area (Å²) in [5.41, 5.74) is 1.04. The highest BCUT2D eigenvalue weighted by atomic mass is 32.1. The number of nitrogens with zero attached hydrogens (tertiary/aromatic N) is 5. The molecule has 0 saturated carbocycles. The molecule has 0 aliphatic carbocycles. The summed E-state index contributed by atoms with van der Waals surface area (Å²) >= 11 is 1.83. The quantitative estimate of drug-likeness (QED) is 0.430. The van der Waals surface area contributed by atoms with Crippen LogP contribution in [0.1, 0.15) is 36.5 Å². The second-order valence-electron chi connectivity index (χ2n) is 7.30. The third-order valence-corrected chi connectivity index (χ3v) is 6.26. The number of para-hydroxylation sites is 1.